The summed E-state index contributed by atoms with van der Waals surface area (Å²) in [5.41, 5.74) is 1.34. The van der Waals surface area contributed by atoms with Crippen molar-refractivity contribution < 1.29 is 53.8 Å². The summed E-state index contributed by atoms with van der Waals surface area (Å²) in [6.07, 6.45) is 0.210. The Hall–Kier alpha value is 0.450. The van der Waals surface area contributed by atoms with Gasteiger partial charge in [0.25, 0.3) is 0 Å². The second-order valence-electron chi connectivity index (χ2n) is 3.65. The van der Waals surface area contributed by atoms with Crippen molar-refractivity contribution in [3.63, 3.8) is 0 Å². The normalized spacial score (nSPS) is 10.0. The van der Waals surface area contributed by atoms with Crippen LogP contribution in [0.1, 0.15) is 28.0 Å². The van der Waals surface area contributed by atoms with Crippen LogP contribution in [0, 0.1) is 13.8 Å². The van der Waals surface area contributed by atoms with Gasteiger partial charge in [-0.3, -0.25) is 14.6 Å². The first-order valence-electron chi connectivity index (χ1n) is 5.26. The van der Waals surface area contributed by atoms with Crippen LogP contribution in [0.2, 0.25) is 0 Å². The zero-order valence-electron chi connectivity index (χ0n) is 11.3. The molecule has 1 aromatic heterocycles. The van der Waals surface area contributed by atoms with E-state index in [-0.39, 0.29) is 36.0 Å². The summed E-state index contributed by atoms with van der Waals surface area (Å²) in [4.78, 5) is 27.7. The number of aromatic nitrogens is 1. The summed E-state index contributed by atoms with van der Waals surface area (Å²) in [5, 5.41) is 13.3. The molecule has 0 spiro atoms. The van der Waals surface area contributed by atoms with Crippen LogP contribution in [0.4, 0.5) is 0 Å². The molecule has 9 heteroatoms. The summed E-state index contributed by atoms with van der Waals surface area (Å²) >= 11 is 2.69. The molecule has 0 aliphatic heterocycles. The van der Waals surface area contributed by atoms with Crippen LogP contribution in [0.15, 0.2) is 11.1 Å². The van der Waals surface area contributed by atoms with Crippen LogP contribution in [-0.4, -0.2) is 21.0 Å². The van der Waals surface area contributed by atoms with Crippen molar-refractivity contribution in [1.29, 1.82) is 0 Å². The molecule has 0 N–H and O–H groups in total. The second kappa shape index (κ2) is 10.2. The number of ketones is 2. The number of carbonyl (C=O) groups excluding carboxylic acids is 2. The molecule has 0 unspecified atom stereocenters. The molecule has 0 aromatic carbocycles. The van der Waals surface area contributed by atoms with E-state index in [4.69, 9.17) is 0 Å². The van der Waals surface area contributed by atoms with E-state index in [1.54, 1.807) is 19.9 Å². The fraction of sp³-hybridized carbons (Fsp3) is 0.364. The number of Topliss-reactive ketones (excluding diaryl/α,β-unsaturated/α-hetero) is 2. The Kier molecular flexibility index (Phi) is 10.5. The standard InChI is InChI=1S/C11H12INO5S.Na/c1-6-5-9(19-18-17-16)13-7(2)10(6)11(15)8(14)3-4-12;/h5,16H,3-4H2,1-2H3;/q;+1/p-1. The molecule has 1 rings (SSSR count). The molecule has 0 saturated carbocycles. The maximum Gasteiger partial charge on any atom is 1.00 e. The zero-order chi connectivity index (χ0) is 14.4. The number of nitrogens with zero attached hydrogens (tertiary/aromatic N) is 1. The van der Waals surface area contributed by atoms with Crippen LogP contribution in [0.5, 0.6) is 0 Å². The van der Waals surface area contributed by atoms with Gasteiger partial charge in [0.2, 0.25) is 11.6 Å². The second-order valence-corrected chi connectivity index (χ2v) is 5.45. The number of carbonyl (C=O) groups is 2. The van der Waals surface area contributed by atoms with Crippen LogP contribution in [0.3, 0.4) is 0 Å². The van der Waals surface area contributed by atoms with Crippen molar-refractivity contribution in [2.75, 3.05) is 4.43 Å². The first-order valence-corrected chi connectivity index (χ1v) is 7.52. The Morgan fingerprint density at radius 1 is 1.45 bits per heavy atom. The smallest absolute Gasteiger partial charge is 0.691 e. The minimum Gasteiger partial charge on any atom is -0.691 e. The molecular formula is C11H11INNaO5S. The molecule has 1 heterocycles. The molecule has 0 amide bonds. The van der Waals surface area contributed by atoms with Crippen molar-refractivity contribution in [3.05, 3.63) is 22.9 Å². The number of hydrogen-bond acceptors (Lipinski definition) is 7. The number of pyridine rings is 1. The quantitative estimate of drug-likeness (QED) is 0.0778. The van der Waals surface area contributed by atoms with Gasteiger partial charge in [0, 0.05) is 16.4 Å². The predicted molar refractivity (Wildman–Crippen MR) is 74.6 cm³/mol. The molecule has 0 bridgehead atoms. The van der Waals surface area contributed by atoms with Gasteiger partial charge in [-0.05, 0) is 25.5 Å². The number of halogens is 1. The van der Waals surface area contributed by atoms with E-state index >= 15 is 0 Å². The Morgan fingerprint density at radius 3 is 2.60 bits per heavy atom. The molecule has 0 fully saturated rings. The topological polar surface area (TPSA) is 88.5 Å². The number of aryl methyl sites for hydroxylation is 2. The van der Waals surface area contributed by atoms with Gasteiger partial charge in [-0.15, -0.1) is 0 Å². The van der Waals surface area contributed by atoms with E-state index in [0.717, 1.165) is 0 Å². The van der Waals surface area contributed by atoms with Gasteiger partial charge in [-0.2, -0.15) is 4.33 Å². The van der Waals surface area contributed by atoms with E-state index in [1.807, 2.05) is 22.6 Å². The molecule has 0 aliphatic rings. The number of rotatable bonds is 7. The van der Waals surface area contributed by atoms with Crippen LogP contribution in [0.25, 0.3) is 0 Å². The predicted octanol–water partition coefficient (Wildman–Crippen LogP) is -1.49. The summed E-state index contributed by atoms with van der Waals surface area (Å²) in [7, 11) is 0. The third-order valence-electron chi connectivity index (χ3n) is 2.32. The molecule has 104 valence electrons. The molecule has 0 saturated heterocycles. The molecule has 0 radical (unpaired) electrons. The maximum atomic E-state index is 12.0. The van der Waals surface area contributed by atoms with Crippen LogP contribution >= 0.6 is 34.6 Å². The SMILES string of the molecule is Cc1cc(SOO[O-])nc(C)c1C(=O)C(=O)CCI.[Na+]. The minimum atomic E-state index is -0.531. The summed E-state index contributed by atoms with van der Waals surface area (Å²) in [5.74, 6) is -0.960. The Morgan fingerprint density at radius 2 is 2.10 bits per heavy atom. The van der Waals surface area contributed by atoms with Gasteiger partial charge in [0.15, 0.2) is 0 Å². The number of hydrogen-bond donors (Lipinski definition) is 0. The Labute approximate surface area is 156 Å². The number of alkyl halides is 1. The van der Waals surface area contributed by atoms with Crippen molar-refractivity contribution in [1.82, 2.24) is 4.98 Å². The van der Waals surface area contributed by atoms with E-state index in [9.17, 15) is 14.8 Å². The van der Waals surface area contributed by atoms with Crippen LogP contribution < -0.4 is 34.8 Å². The van der Waals surface area contributed by atoms with Gasteiger partial charge >= 0.3 is 29.6 Å². The molecule has 1 aromatic rings. The largest absolute Gasteiger partial charge is 1.00 e. The van der Waals surface area contributed by atoms with E-state index in [2.05, 4.69) is 14.4 Å². The summed E-state index contributed by atoms with van der Waals surface area (Å²) < 4.78 is 4.76. The van der Waals surface area contributed by atoms with Gasteiger partial charge in [-0.1, -0.05) is 22.6 Å². The zero-order valence-corrected chi connectivity index (χ0v) is 16.2. The first-order chi connectivity index (χ1) is 9.01. The molecule has 0 atom stereocenters. The molecule has 6 nitrogen and oxygen atoms in total. The summed E-state index contributed by atoms with van der Waals surface area (Å²) in [6, 6.07) is 1.56. The molecule has 20 heavy (non-hydrogen) atoms. The summed E-state index contributed by atoms with van der Waals surface area (Å²) in [6.45, 7) is 3.32. The molecular weight excluding hydrogens is 408 g/mol. The van der Waals surface area contributed by atoms with E-state index < -0.39 is 11.6 Å². The van der Waals surface area contributed by atoms with Gasteiger partial charge in [0.05, 0.1) is 17.7 Å². The van der Waals surface area contributed by atoms with Gasteiger partial charge in [0.1, 0.15) is 5.03 Å². The molecule has 0 aliphatic carbocycles. The van der Waals surface area contributed by atoms with Crippen molar-refractivity contribution >= 4 is 46.2 Å². The van der Waals surface area contributed by atoms with Crippen molar-refractivity contribution in [2.45, 2.75) is 25.3 Å². The maximum absolute atomic E-state index is 12.0. The van der Waals surface area contributed by atoms with Gasteiger partial charge in [-0.25, -0.2) is 4.98 Å². The van der Waals surface area contributed by atoms with Crippen molar-refractivity contribution in [3.8, 4) is 0 Å². The van der Waals surface area contributed by atoms with Crippen molar-refractivity contribution in [2.24, 2.45) is 0 Å². The van der Waals surface area contributed by atoms with Crippen LogP contribution in [-0.2, 0) is 14.2 Å². The fourth-order valence-corrected chi connectivity index (χ4v) is 2.56. The average molecular weight is 419 g/mol. The third kappa shape index (κ3) is 5.68. The average Bonchev–Trinajstić information content (AvgIpc) is 2.35. The van der Waals surface area contributed by atoms with E-state index in [1.165, 1.54) is 0 Å². The third-order valence-corrected chi connectivity index (χ3v) is 3.37. The Balaban J connectivity index is 0.00000361. The minimum absolute atomic E-state index is 0. The monoisotopic (exact) mass is 419 g/mol. The fourth-order valence-electron chi connectivity index (χ4n) is 1.57. The van der Waals surface area contributed by atoms with E-state index in [0.29, 0.717) is 38.3 Å². The Bertz CT molecular complexity index is 477. The van der Waals surface area contributed by atoms with Gasteiger partial charge < -0.3 is 5.26 Å². The first kappa shape index (κ1) is 20.5.